The molecule has 0 fully saturated rings. The second-order valence-corrected chi connectivity index (χ2v) is 9.10. The molecule has 0 saturated carbocycles. The summed E-state index contributed by atoms with van der Waals surface area (Å²) in [6.45, 7) is 0. The van der Waals surface area contributed by atoms with Crippen LogP contribution in [0.25, 0.3) is 10.8 Å². The summed E-state index contributed by atoms with van der Waals surface area (Å²) < 4.78 is 5.92. The number of amides is 1. The minimum absolute atomic E-state index is 0.0214. The van der Waals surface area contributed by atoms with Gasteiger partial charge in [0.15, 0.2) is 5.78 Å². The van der Waals surface area contributed by atoms with Crippen LogP contribution < -0.4 is 9.64 Å². The molecule has 1 heterocycles. The van der Waals surface area contributed by atoms with Gasteiger partial charge in [0.2, 0.25) is 5.91 Å². The molecule has 1 amide bonds. The predicted molar refractivity (Wildman–Crippen MR) is 138 cm³/mol. The number of para-hydroxylation sites is 1. The molecule has 1 aliphatic heterocycles. The molecule has 4 aromatic carbocycles. The summed E-state index contributed by atoms with van der Waals surface area (Å²) in [6, 6.07) is 31.5. The first-order valence-electron chi connectivity index (χ1n) is 12.1. The molecule has 35 heavy (non-hydrogen) atoms. The van der Waals surface area contributed by atoms with Gasteiger partial charge in [0.1, 0.15) is 11.5 Å². The van der Waals surface area contributed by atoms with Crippen molar-refractivity contribution in [3.8, 4) is 11.5 Å². The van der Waals surface area contributed by atoms with E-state index < -0.39 is 0 Å². The Hall–Kier alpha value is -4.18. The van der Waals surface area contributed by atoms with Gasteiger partial charge in [-0.25, -0.2) is 0 Å². The van der Waals surface area contributed by atoms with Crippen molar-refractivity contribution in [3.63, 3.8) is 0 Å². The summed E-state index contributed by atoms with van der Waals surface area (Å²) in [5.41, 5.74) is 3.49. The summed E-state index contributed by atoms with van der Waals surface area (Å²) >= 11 is 0. The molecular formula is C31H25NO3. The Balaban J connectivity index is 1.40. The van der Waals surface area contributed by atoms with Gasteiger partial charge in [-0.05, 0) is 65.6 Å². The Labute approximate surface area is 204 Å². The van der Waals surface area contributed by atoms with E-state index in [4.69, 9.17) is 4.74 Å². The normalized spacial score (nSPS) is 18.1. The van der Waals surface area contributed by atoms with Crippen molar-refractivity contribution < 1.29 is 14.3 Å². The van der Waals surface area contributed by atoms with Crippen LogP contribution in [0.1, 0.15) is 37.2 Å². The van der Waals surface area contributed by atoms with Gasteiger partial charge in [-0.1, -0.05) is 60.7 Å². The van der Waals surface area contributed by atoms with Crippen LogP contribution in [0.4, 0.5) is 5.69 Å². The molecule has 4 nitrogen and oxygen atoms in total. The third-order valence-electron chi connectivity index (χ3n) is 6.95. The van der Waals surface area contributed by atoms with Gasteiger partial charge in [-0.3, -0.25) is 14.5 Å². The van der Waals surface area contributed by atoms with E-state index in [2.05, 4.69) is 24.3 Å². The Morgan fingerprint density at radius 2 is 1.43 bits per heavy atom. The highest BCUT2D eigenvalue weighted by atomic mass is 16.5. The largest absolute Gasteiger partial charge is 0.457 e. The van der Waals surface area contributed by atoms with Crippen molar-refractivity contribution in [2.24, 2.45) is 0 Å². The van der Waals surface area contributed by atoms with E-state index in [1.807, 2.05) is 72.8 Å². The number of anilines is 1. The number of hydrogen-bond acceptors (Lipinski definition) is 3. The number of Topliss-reactive ketones (excluding diaryl/α,β-unsaturated/α-hetero) is 1. The third-order valence-corrected chi connectivity index (χ3v) is 6.95. The zero-order valence-corrected chi connectivity index (χ0v) is 19.3. The third kappa shape index (κ3) is 3.91. The van der Waals surface area contributed by atoms with Crippen LogP contribution in [0.3, 0.4) is 0 Å². The van der Waals surface area contributed by atoms with Gasteiger partial charge in [0.25, 0.3) is 0 Å². The summed E-state index contributed by atoms with van der Waals surface area (Å²) in [5.74, 6) is 1.43. The second-order valence-electron chi connectivity index (χ2n) is 9.10. The first-order valence-corrected chi connectivity index (χ1v) is 12.1. The van der Waals surface area contributed by atoms with E-state index in [1.54, 1.807) is 4.90 Å². The molecule has 4 aromatic rings. The Morgan fingerprint density at radius 1 is 0.714 bits per heavy atom. The molecule has 2 aliphatic rings. The number of carbonyl (C=O) groups is 2. The second kappa shape index (κ2) is 8.88. The molecule has 1 atom stereocenters. The fourth-order valence-corrected chi connectivity index (χ4v) is 5.40. The van der Waals surface area contributed by atoms with Gasteiger partial charge >= 0.3 is 0 Å². The number of ketones is 1. The molecule has 1 aliphatic carbocycles. The van der Waals surface area contributed by atoms with Crippen molar-refractivity contribution in [1.82, 2.24) is 0 Å². The first-order chi connectivity index (χ1) is 17.2. The van der Waals surface area contributed by atoms with E-state index in [-0.39, 0.29) is 24.0 Å². The molecule has 4 heteroatoms. The van der Waals surface area contributed by atoms with E-state index >= 15 is 0 Å². The Kier molecular flexibility index (Phi) is 5.42. The van der Waals surface area contributed by atoms with E-state index in [0.717, 1.165) is 51.9 Å². The maximum atomic E-state index is 13.6. The minimum atomic E-state index is -0.215. The Morgan fingerprint density at radius 3 is 2.26 bits per heavy atom. The molecule has 0 bridgehead atoms. The molecule has 172 valence electrons. The topological polar surface area (TPSA) is 46.6 Å². The lowest BCUT2D eigenvalue weighted by Gasteiger charge is -2.38. The molecule has 0 saturated heterocycles. The van der Waals surface area contributed by atoms with Crippen molar-refractivity contribution in [2.75, 3.05) is 4.90 Å². The summed E-state index contributed by atoms with van der Waals surface area (Å²) in [4.78, 5) is 28.6. The highest BCUT2D eigenvalue weighted by Gasteiger charge is 2.40. The van der Waals surface area contributed by atoms with Crippen LogP contribution in [0.15, 0.2) is 108 Å². The van der Waals surface area contributed by atoms with Crippen molar-refractivity contribution >= 4 is 28.2 Å². The minimum Gasteiger partial charge on any atom is -0.457 e. The summed E-state index contributed by atoms with van der Waals surface area (Å²) in [7, 11) is 0. The van der Waals surface area contributed by atoms with Gasteiger partial charge in [0, 0.05) is 35.7 Å². The average molecular weight is 460 g/mol. The quantitative estimate of drug-likeness (QED) is 0.325. The molecular weight excluding hydrogens is 434 g/mol. The maximum Gasteiger partial charge on any atom is 0.232 e. The highest BCUT2D eigenvalue weighted by Crippen LogP contribution is 2.45. The number of ether oxygens (including phenoxy) is 1. The highest BCUT2D eigenvalue weighted by molar-refractivity contribution is 6.08. The lowest BCUT2D eigenvalue weighted by molar-refractivity contribution is -0.119. The van der Waals surface area contributed by atoms with E-state index in [1.165, 1.54) is 0 Å². The van der Waals surface area contributed by atoms with Gasteiger partial charge in [-0.2, -0.15) is 0 Å². The number of benzene rings is 4. The number of nitrogens with zero attached hydrogens (tertiary/aromatic N) is 1. The molecule has 6 rings (SSSR count). The van der Waals surface area contributed by atoms with Crippen LogP contribution in [-0.4, -0.2) is 11.7 Å². The summed E-state index contributed by atoms with van der Waals surface area (Å²) in [6.07, 6.45) is 2.29. The number of allylic oxidation sites excluding steroid dienone is 2. The molecule has 0 spiro atoms. The first kappa shape index (κ1) is 21.4. The molecule has 0 radical (unpaired) electrons. The van der Waals surface area contributed by atoms with Crippen LogP contribution in [0.2, 0.25) is 0 Å². The maximum absolute atomic E-state index is 13.6. The van der Waals surface area contributed by atoms with Crippen molar-refractivity contribution in [2.45, 2.75) is 31.6 Å². The van der Waals surface area contributed by atoms with E-state index in [0.29, 0.717) is 12.2 Å². The van der Waals surface area contributed by atoms with E-state index in [9.17, 15) is 9.59 Å². The van der Waals surface area contributed by atoms with Crippen molar-refractivity contribution in [3.05, 3.63) is 114 Å². The zero-order chi connectivity index (χ0) is 23.8. The van der Waals surface area contributed by atoms with Crippen LogP contribution in [0.5, 0.6) is 11.5 Å². The van der Waals surface area contributed by atoms with Crippen LogP contribution in [-0.2, 0) is 9.59 Å². The van der Waals surface area contributed by atoms with Crippen LogP contribution in [0, 0.1) is 0 Å². The number of carbonyl (C=O) groups excluding carboxylic acids is 2. The summed E-state index contributed by atoms with van der Waals surface area (Å²) in [5, 5.41) is 2.23. The fraction of sp³-hybridized carbons (Fsp3) is 0.161. The number of fused-ring (bicyclic) bond motifs is 1. The monoisotopic (exact) mass is 459 g/mol. The molecule has 0 N–H and O–H groups in total. The van der Waals surface area contributed by atoms with Gasteiger partial charge in [0.05, 0.1) is 0 Å². The van der Waals surface area contributed by atoms with Crippen LogP contribution >= 0.6 is 0 Å². The van der Waals surface area contributed by atoms with Crippen molar-refractivity contribution in [1.29, 1.82) is 0 Å². The standard InChI is InChI=1S/C31H25NO3/c33-29-15-7-14-28-31(29)27(26-13-6-9-21-8-4-5-12-25(21)26)20-30(34)32(28)22-16-18-24(19-17-22)35-23-10-2-1-3-11-23/h1-6,8-13,16-19,27H,7,14-15,20H2. The number of rotatable bonds is 4. The molecule has 1 unspecified atom stereocenters. The predicted octanol–water partition coefficient (Wildman–Crippen LogP) is 7.16. The Bertz CT molecular complexity index is 1450. The average Bonchev–Trinajstić information content (AvgIpc) is 2.89. The lowest BCUT2D eigenvalue weighted by atomic mass is 9.76. The van der Waals surface area contributed by atoms with Gasteiger partial charge < -0.3 is 4.74 Å². The zero-order valence-electron chi connectivity index (χ0n) is 19.3. The fourth-order valence-electron chi connectivity index (χ4n) is 5.40. The lowest BCUT2D eigenvalue weighted by Crippen LogP contribution is -2.40. The van der Waals surface area contributed by atoms with Gasteiger partial charge in [-0.15, -0.1) is 0 Å². The molecule has 0 aromatic heterocycles. The number of hydrogen-bond donors (Lipinski definition) is 0. The SMILES string of the molecule is O=C1CCCC2=C1C(c1cccc3ccccc13)CC(=O)N2c1ccc(Oc2ccccc2)cc1. The smallest absolute Gasteiger partial charge is 0.232 e.